The predicted octanol–water partition coefficient (Wildman–Crippen LogP) is 6.31. The van der Waals surface area contributed by atoms with Gasteiger partial charge in [0.2, 0.25) is 0 Å². The van der Waals surface area contributed by atoms with Gasteiger partial charge in [-0.25, -0.2) is 9.38 Å². The Kier molecular flexibility index (Phi) is 11.8. The van der Waals surface area contributed by atoms with E-state index in [1.165, 1.54) is 49.8 Å². The van der Waals surface area contributed by atoms with Gasteiger partial charge in [-0.1, -0.05) is 26.0 Å². The van der Waals surface area contributed by atoms with Gasteiger partial charge in [0.1, 0.15) is 17.3 Å². The van der Waals surface area contributed by atoms with Crippen molar-refractivity contribution in [1.82, 2.24) is 4.98 Å². The van der Waals surface area contributed by atoms with Crippen LogP contribution in [-0.2, 0) is 6.18 Å². The van der Waals surface area contributed by atoms with Gasteiger partial charge < -0.3 is 16.8 Å². The summed E-state index contributed by atoms with van der Waals surface area (Å²) >= 11 is 0. The molecule has 0 aliphatic heterocycles. The van der Waals surface area contributed by atoms with E-state index in [2.05, 4.69) is 32.7 Å². The maximum Gasteiger partial charge on any atom is 0.416 e. The van der Waals surface area contributed by atoms with Crippen molar-refractivity contribution in [1.29, 1.82) is 0 Å². The molecule has 1 heterocycles. The third kappa shape index (κ3) is 8.67. The summed E-state index contributed by atoms with van der Waals surface area (Å²) in [4.78, 5) is 12.1. The molecule has 0 spiro atoms. The van der Waals surface area contributed by atoms with Gasteiger partial charge in [0.05, 0.1) is 17.4 Å². The molecule has 6 nitrogen and oxygen atoms in total. The van der Waals surface area contributed by atoms with Crippen LogP contribution in [0.2, 0.25) is 0 Å². The maximum atomic E-state index is 14.3. The monoisotopic (exact) mass is 488 g/mol. The average Bonchev–Trinajstić information content (AvgIpc) is 2.87. The number of anilines is 2. The molecule has 0 aliphatic rings. The molecule has 35 heavy (non-hydrogen) atoms. The lowest BCUT2D eigenvalue weighted by Gasteiger charge is -2.15. The molecule has 5 N–H and O–H groups in total. The molecule has 0 fully saturated rings. The fraction of sp³-hybridized carbons (Fsp3) is 0.160. The van der Waals surface area contributed by atoms with E-state index in [1.54, 1.807) is 18.3 Å². The SMILES string of the molecule is C=N/C=C(\C(=Nc1cc(N)ccc1F)Nc1cccnc1)c1ccc(C(F)(F)F)cc1.CC.CN. The van der Waals surface area contributed by atoms with Crippen LogP contribution in [0.15, 0.2) is 83.2 Å². The third-order valence-corrected chi connectivity index (χ3v) is 4.13. The summed E-state index contributed by atoms with van der Waals surface area (Å²) in [6, 6.07) is 11.7. The summed E-state index contributed by atoms with van der Waals surface area (Å²) < 4.78 is 53.2. The molecule has 2 aromatic carbocycles. The molecule has 0 aliphatic carbocycles. The Morgan fingerprint density at radius 2 is 1.71 bits per heavy atom. The van der Waals surface area contributed by atoms with E-state index in [0.29, 0.717) is 16.9 Å². The quantitative estimate of drug-likeness (QED) is 0.170. The number of nitrogens with two attached hydrogens (primary N) is 2. The fourth-order valence-corrected chi connectivity index (χ4v) is 2.67. The van der Waals surface area contributed by atoms with E-state index in [0.717, 1.165) is 12.1 Å². The summed E-state index contributed by atoms with van der Waals surface area (Å²) in [6.07, 6.45) is -0.0852. The first-order valence-electron chi connectivity index (χ1n) is 10.5. The maximum absolute atomic E-state index is 14.3. The molecule has 0 atom stereocenters. The van der Waals surface area contributed by atoms with Crippen LogP contribution in [0.25, 0.3) is 5.57 Å². The summed E-state index contributed by atoms with van der Waals surface area (Å²) in [5, 5.41) is 3.00. The first kappa shape index (κ1) is 29.0. The van der Waals surface area contributed by atoms with Crippen molar-refractivity contribution in [3.8, 4) is 0 Å². The minimum absolute atomic E-state index is 0.0618. The van der Waals surface area contributed by atoms with Crippen LogP contribution in [0, 0.1) is 5.82 Å². The molecular weight excluding hydrogens is 460 g/mol. The van der Waals surface area contributed by atoms with Gasteiger partial charge in [0.15, 0.2) is 0 Å². The molecule has 0 radical (unpaired) electrons. The first-order chi connectivity index (χ1) is 16.8. The zero-order chi connectivity index (χ0) is 26.4. The first-order valence-corrected chi connectivity index (χ1v) is 10.5. The highest BCUT2D eigenvalue weighted by molar-refractivity contribution is 6.29. The van der Waals surface area contributed by atoms with Crippen molar-refractivity contribution in [2.45, 2.75) is 20.0 Å². The van der Waals surface area contributed by atoms with E-state index >= 15 is 0 Å². The highest BCUT2D eigenvalue weighted by atomic mass is 19.4. The van der Waals surface area contributed by atoms with Crippen LogP contribution >= 0.6 is 0 Å². The van der Waals surface area contributed by atoms with Crippen molar-refractivity contribution in [2.24, 2.45) is 15.7 Å². The van der Waals surface area contributed by atoms with Crippen LogP contribution in [0.5, 0.6) is 0 Å². The molecule has 0 amide bonds. The van der Waals surface area contributed by atoms with Gasteiger partial charge in [-0.05, 0) is 61.8 Å². The van der Waals surface area contributed by atoms with Crippen LogP contribution in [-0.4, -0.2) is 24.6 Å². The number of nitrogen functional groups attached to an aromatic ring is 1. The van der Waals surface area contributed by atoms with Crippen LogP contribution in [0.3, 0.4) is 0 Å². The van der Waals surface area contributed by atoms with Crippen molar-refractivity contribution in [2.75, 3.05) is 18.1 Å². The molecule has 0 saturated carbocycles. The number of aliphatic imine (C=N–C) groups is 2. The Morgan fingerprint density at radius 3 is 2.26 bits per heavy atom. The molecule has 186 valence electrons. The number of hydrogen-bond donors (Lipinski definition) is 3. The normalized spacial score (nSPS) is 11.4. The van der Waals surface area contributed by atoms with E-state index in [1.807, 2.05) is 13.8 Å². The van der Waals surface area contributed by atoms with Crippen LogP contribution in [0.4, 0.5) is 34.6 Å². The second kappa shape index (κ2) is 14.3. The van der Waals surface area contributed by atoms with Crippen molar-refractivity contribution >= 4 is 35.2 Å². The zero-order valence-electron chi connectivity index (χ0n) is 19.6. The van der Waals surface area contributed by atoms with E-state index in [-0.39, 0.29) is 17.1 Å². The summed E-state index contributed by atoms with van der Waals surface area (Å²) in [5.74, 6) is -0.511. The lowest BCUT2D eigenvalue weighted by Crippen LogP contribution is -2.15. The Morgan fingerprint density at radius 1 is 1.06 bits per heavy atom. The molecule has 3 aromatic rings. The molecular formula is C25H28F4N6. The second-order valence-electron chi connectivity index (χ2n) is 6.34. The number of pyridine rings is 1. The highest BCUT2D eigenvalue weighted by Crippen LogP contribution is 2.31. The number of amidine groups is 1. The smallest absolute Gasteiger partial charge is 0.399 e. The third-order valence-electron chi connectivity index (χ3n) is 4.13. The lowest BCUT2D eigenvalue weighted by atomic mass is 10.0. The predicted molar refractivity (Wildman–Crippen MR) is 136 cm³/mol. The van der Waals surface area contributed by atoms with Crippen LogP contribution < -0.4 is 16.8 Å². The number of hydrogen-bond acceptors (Lipinski definition) is 5. The number of benzene rings is 2. The number of nitrogens with one attached hydrogen (secondary N) is 1. The van der Waals surface area contributed by atoms with Crippen molar-refractivity contribution < 1.29 is 17.6 Å². The highest BCUT2D eigenvalue weighted by Gasteiger charge is 2.30. The second-order valence-corrected chi connectivity index (χ2v) is 6.34. The lowest BCUT2D eigenvalue weighted by molar-refractivity contribution is -0.137. The van der Waals surface area contributed by atoms with Crippen molar-refractivity contribution in [3.05, 3.63) is 90.1 Å². The van der Waals surface area contributed by atoms with E-state index in [9.17, 15) is 17.6 Å². The molecule has 10 heteroatoms. The summed E-state index contributed by atoms with van der Waals surface area (Å²) in [6.45, 7) is 7.42. The van der Waals surface area contributed by atoms with Gasteiger partial charge in [0.25, 0.3) is 0 Å². The number of aromatic nitrogens is 1. The molecule has 0 saturated heterocycles. The standard InChI is InChI=1S/C22H17F4N5.C2H6.CH5N/c1-28-13-18(14-4-6-15(7-5-14)22(24,25)26)21(30-17-3-2-10-29-12-17)31-20-11-16(27)8-9-19(20)23;2*1-2/h2-13H,1,27H2,(H,30,31);1-2H3;2H2,1H3/b18-13-;;. The minimum Gasteiger partial charge on any atom is -0.399 e. The summed E-state index contributed by atoms with van der Waals surface area (Å²) in [7, 11) is 1.50. The minimum atomic E-state index is -4.48. The van der Waals surface area contributed by atoms with Crippen LogP contribution in [0.1, 0.15) is 25.0 Å². The van der Waals surface area contributed by atoms with E-state index < -0.39 is 17.6 Å². The van der Waals surface area contributed by atoms with Gasteiger partial charge >= 0.3 is 6.18 Å². The Hall–Kier alpha value is -4.05. The number of halogens is 4. The number of alkyl halides is 3. The average molecular weight is 489 g/mol. The van der Waals surface area contributed by atoms with E-state index in [4.69, 9.17) is 5.73 Å². The Balaban J connectivity index is 0.00000145. The Labute approximate surface area is 202 Å². The molecule has 0 unspecified atom stereocenters. The van der Waals surface area contributed by atoms with Gasteiger partial charge in [-0.15, -0.1) is 0 Å². The molecule has 3 rings (SSSR count). The topological polar surface area (TPSA) is 102 Å². The summed E-state index contributed by atoms with van der Waals surface area (Å²) in [5.41, 5.74) is 10.8. The van der Waals surface area contributed by atoms with Gasteiger partial charge in [-0.3, -0.25) is 9.98 Å². The zero-order valence-corrected chi connectivity index (χ0v) is 19.6. The largest absolute Gasteiger partial charge is 0.416 e. The molecule has 0 bridgehead atoms. The van der Waals surface area contributed by atoms with Gasteiger partial charge in [0, 0.05) is 23.7 Å². The van der Waals surface area contributed by atoms with Crippen molar-refractivity contribution in [3.63, 3.8) is 0 Å². The Bertz CT molecular complexity index is 1120. The molecule has 1 aromatic heterocycles. The van der Waals surface area contributed by atoms with Gasteiger partial charge in [-0.2, -0.15) is 13.2 Å². The number of nitrogens with zero attached hydrogens (tertiary/aromatic N) is 3. The number of rotatable bonds is 5. The fourth-order valence-electron chi connectivity index (χ4n) is 2.67.